The second-order valence-electron chi connectivity index (χ2n) is 6.21. The average molecular weight is 453 g/mol. The zero-order valence-electron chi connectivity index (χ0n) is 15.5. The molecule has 0 fully saturated rings. The number of carbonyl (C=O) groups is 1. The highest BCUT2D eigenvalue weighted by atomic mass is 35.5. The molecule has 0 spiro atoms. The number of rotatable bonds is 5. The normalized spacial score (nSPS) is 10.8. The number of carboxylic acid groups (broad SMARTS) is 1. The summed E-state index contributed by atoms with van der Waals surface area (Å²) in [4.78, 5) is 25.2. The number of pyridine rings is 1. The van der Waals surface area contributed by atoms with E-state index in [1.807, 2.05) is 6.92 Å². The Balaban J connectivity index is 2.32. The molecule has 0 amide bonds. The van der Waals surface area contributed by atoms with Gasteiger partial charge in [-0.2, -0.15) is 0 Å². The van der Waals surface area contributed by atoms with Gasteiger partial charge in [-0.3, -0.25) is 4.79 Å². The van der Waals surface area contributed by atoms with Crippen LogP contribution in [0.25, 0.3) is 11.3 Å². The fourth-order valence-electron chi connectivity index (χ4n) is 3.12. The van der Waals surface area contributed by atoms with Crippen molar-refractivity contribution in [2.45, 2.75) is 20.4 Å². The Bertz CT molecular complexity index is 1170. The summed E-state index contributed by atoms with van der Waals surface area (Å²) in [7, 11) is 0. The fourth-order valence-corrected chi connectivity index (χ4v) is 3.59. The molecule has 150 valence electrons. The Labute approximate surface area is 182 Å². The number of hydrogen-bond donors (Lipinski definition) is 1. The van der Waals surface area contributed by atoms with Crippen molar-refractivity contribution in [3.63, 3.8) is 0 Å². The number of aromatic carboxylic acids is 1. The second kappa shape index (κ2) is 8.49. The molecule has 0 atom stereocenters. The standard InChI is InChI=1S/C21H16Cl3NO4/c1-3-25-11(2)20(29-14-6-4-5-13(22)10-14)19(26)17(21(27)28)18(25)12-7-8-15(23)16(24)9-12/h4-10H,3H2,1-2H3,(H,27,28). The van der Waals surface area contributed by atoms with Crippen LogP contribution in [0.1, 0.15) is 23.0 Å². The van der Waals surface area contributed by atoms with Gasteiger partial charge >= 0.3 is 5.97 Å². The third-order valence-electron chi connectivity index (χ3n) is 4.41. The molecule has 0 bridgehead atoms. The average Bonchev–Trinajstić information content (AvgIpc) is 2.66. The molecule has 1 aromatic heterocycles. The Kier molecular flexibility index (Phi) is 6.22. The number of aromatic nitrogens is 1. The maximum absolute atomic E-state index is 13.1. The van der Waals surface area contributed by atoms with Gasteiger partial charge < -0.3 is 14.4 Å². The van der Waals surface area contributed by atoms with Crippen LogP contribution >= 0.6 is 34.8 Å². The SMILES string of the molecule is CCn1c(C)c(Oc2cccc(Cl)c2)c(=O)c(C(=O)O)c1-c1ccc(Cl)c(Cl)c1. The minimum Gasteiger partial charge on any atom is -0.477 e. The molecule has 1 N–H and O–H groups in total. The molecule has 0 aliphatic carbocycles. The van der Waals surface area contributed by atoms with E-state index in [-0.39, 0.29) is 16.5 Å². The summed E-state index contributed by atoms with van der Waals surface area (Å²) in [5.41, 5.74) is 0.0322. The zero-order valence-corrected chi connectivity index (χ0v) is 17.8. The van der Waals surface area contributed by atoms with Crippen molar-refractivity contribution in [3.8, 4) is 22.8 Å². The highest BCUT2D eigenvalue weighted by Gasteiger charge is 2.26. The number of ether oxygens (including phenoxy) is 1. The van der Waals surface area contributed by atoms with Crippen LogP contribution in [0.3, 0.4) is 0 Å². The van der Waals surface area contributed by atoms with Gasteiger partial charge in [0.1, 0.15) is 11.3 Å². The monoisotopic (exact) mass is 451 g/mol. The summed E-state index contributed by atoms with van der Waals surface area (Å²) in [5, 5.41) is 10.8. The summed E-state index contributed by atoms with van der Waals surface area (Å²) in [6.07, 6.45) is 0. The second-order valence-corrected chi connectivity index (χ2v) is 7.46. The van der Waals surface area contributed by atoms with E-state index in [2.05, 4.69) is 0 Å². The molecule has 0 radical (unpaired) electrons. The van der Waals surface area contributed by atoms with Crippen molar-refractivity contribution < 1.29 is 14.6 Å². The molecule has 8 heteroatoms. The van der Waals surface area contributed by atoms with Crippen LogP contribution in [-0.2, 0) is 6.54 Å². The number of nitrogens with zero attached hydrogens (tertiary/aromatic N) is 1. The molecule has 3 aromatic rings. The Hall–Kier alpha value is -2.47. The molecule has 0 saturated heterocycles. The number of halogens is 3. The molecule has 0 aliphatic heterocycles. The van der Waals surface area contributed by atoms with Gasteiger partial charge in [0.25, 0.3) is 0 Å². The summed E-state index contributed by atoms with van der Waals surface area (Å²) in [6.45, 7) is 3.93. The van der Waals surface area contributed by atoms with Gasteiger partial charge in [0.2, 0.25) is 5.43 Å². The van der Waals surface area contributed by atoms with E-state index in [4.69, 9.17) is 39.5 Å². The van der Waals surface area contributed by atoms with Crippen molar-refractivity contribution in [3.05, 3.63) is 79.0 Å². The largest absolute Gasteiger partial charge is 0.477 e. The molecular formula is C21H16Cl3NO4. The zero-order chi connectivity index (χ0) is 21.3. The lowest BCUT2D eigenvalue weighted by molar-refractivity contribution is 0.0695. The van der Waals surface area contributed by atoms with Crippen molar-refractivity contribution in [1.82, 2.24) is 4.57 Å². The molecule has 29 heavy (non-hydrogen) atoms. The van der Waals surface area contributed by atoms with Gasteiger partial charge in [0, 0.05) is 17.1 Å². The molecular weight excluding hydrogens is 437 g/mol. The first-order chi connectivity index (χ1) is 13.7. The lowest BCUT2D eigenvalue weighted by atomic mass is 10.0. The van der Waals surface area contributed by atoms with E-state index in [1.165, 1.54) is 6.07 Å². The van der Waals surface area contributed by atoms with Crippen LogP contribution in [0, 0.1) is 6.92 Å². The van der Waals surface area contributed by atoms with E-state index >= 15 is 0 Å². The molecule has 2 aromatic carbocycles. The van der Waals surface area contributed by atoms with Gasteiger partial charge in [0.05, 0.1) is 21.4 Å². The van der Waals surface area contributed by atoms with Gasteiger partial charge in [-0.1, -0.05) is 46.9 Å². The molecule has 0 unspecified atom stereocenters. The predicted molar refractivity (Wildman–Crippen MR) is 115 cm³/mol. The van der Waals surface area contributed by atoms with Crippen molar-refractivity contribution in [1.29, 1.82) is 0 Å². The first kappa shape index (κ1) is 21.2. The van der Waals surface area contributed by atoms with Gasteiger partial charge in [-0.05, 0) is 44.2 Å². The number of hydrogen-bond acceptors (Lipinski definition) is 3. The highest BCUT2D eigenvalue weighted by molar-refractivity contribution is 6.42. The van der Waals surface area contributed by atoms with Crippen molar-refractivity contribution >= 4 is 40.8 Å². The summed E-state index contributed by atoms with van der Waals surface area (Å²) in [5.74, 6) is -1.11. The lowest BCUT2D eigenvalue weighted by Gasteiger charge is -2.21. The predicted octanol–water partition coefficient (Wildman–Crippen LogP) is 6.29. The van der Waals surface area contributed by atoms with Crippen LogP contribution in [0.5, 0.6) is 11.5 Å². The maximum Gasteiger partial charge on any atom is 0.342 e. The van der Waals surface area contributed by atoms with Gasteiger partial charge in [-0.15, -0.1) is 0 Å². The first-order valence-corrected chi connectivity index (χ1v) is 9.77. The van der Waals surface area contributed by atoms with E-state index < -0.39 is 17.0 Å². The summed E-state index contributed by atoms with van der Waals surface area (Å²) < 4.78 is 7.46. The summed E-state index contributed by atoms with van der Waals surface area (Å²) >= 11 is 18.1. The maximum atomic E-state index is 13.1. The summed E-state index contributed by atoms with van der Waals surface area (Å²) in [6, 6.07) is 11.2. The minimum atomic E-state index is -1.37. The van der Waals surface area contributed by atoms with E-state index in [0.717, 1.165) is 0 Å². The lowest BCUT2D eigenvalue weighted by Crippen LogP contribution is -2.24. The third kappa shape index (κ3) is 4.13. The van der Waals surface area contributed by atoms with E-state index in [9.17, 15) is 14.7 Å². The minimum absolute atomic E-state index is 0.0738. The molecule has 0 saturated carbocycles. The fraction of sp³-hybridized carbons (Fsp3) is 0.143. The van der Waals surface area contributed by atoms with E-state index in [1.54, 1.807) is 47.9 Å². The van der Waals surface area contributed by atoms with Crippen LogP contribution in [0.15, 0.2) is 47.3 Å². The van der Waals surface area contributed by atoms with Crippen LogP contribution in [0.4, 0.5) is 0 Å². The van der Waals surface area contributed by atoms with Crippen molar-refractivity contribution in [2.24, 2.45) is 0 Å². The highest BCUT2D eigenvalue weighted by Crippen LogP contribution is 2.33. The van der Waals surface area contributed by atoms with Gasteiger partial charge in [0.15, 0.2) is 5.75 Å². The molecule has 0 aliphatic rings. The Morgan fingerprint density at radius 1 is 1.10 bits per heavy atom. The molecule has 1 heterocycles. The van der Waals surface area contributed by atoms with Crippen LogP contribution < -0.4 is 10.2 Å². The topological polar surface area (TPSA) is 68.5 Å². The third-order valence-corrected chi connectivity index (χ3v) is 5.39. The number of carboxylic acids is 1. The van der Waals surface area contributed by atoms with Crippen LogP contribution in [0.2, 0.25) is 15.1 Å². The smallest absolute Gasteiger partial charge is 0.342 e. The number of benzene rings is 2. The van der Waals surface area contributed by atoms with Crippen molar-refractivity contribution in [2.75, 3.05) is 0 Å². The van der Waals surface area contributed by atoms with E-state index in [0.29, 0.717) is 33.6 Å². The molecule has 5 nitrogen and oxygen atoms in total. The van der Waals surface area contributed by atoms with Crippen LogP contribution in [-0.4, -0.2) is 15.6 Å². The Morgan fingerprint density at radius 3 is 2.41 bits per heavy atom. The van der Waals surface area contributed by atoms with Gasteiger partial charge in [-0.25, -0.2) is 4.79 Å². The first-order valence-electron chi connectivity index (χ1n) is 8.64. The molecule has 3 rings (SSSR count). The quantitative estimate of drug-likeness (QED) is 0.493. The Morgan fingerprint density at radius 2 is 1.83 bits per heavy atom.